The molecule has 1 aromatic carbocycles. The van der Waals surface area contributed by atoms with E-state index in [-0.39, 0.29) is 29.8 Å². The van der Waals surface area contributed by atoms with Crippen molar-refractivity contribution in [1.82, 2.24) is 0 Å². The van der Waals surface area contributed by atoms with Crippen molar-refractivity contribution in [2.45, 2.75) is 52.1 Å². The Morgan fingerprint density at radius 2 is 2.00 bits per heavy atom. The fourth-order valence-corrected chi connectivity index (χ4v) is 4.43. The second kappa shape index (κ2) is 10.5. The van der Waals surface area contributed by atoms with Gasteiger partial charge in [0.05, 0.1) is 11.1 Å². The number of aliphatic carboxylic acids is 1. The quantitative estimate of drug-likeness (QED) is 0.416. The highest BCUT2D eigenvalue weighted by Gasteiger charge is 2.33. The van der Waals surface area contributed by atoms with Crippen LogP contribution < -0.4 is 9.47 Å². The third-order valence-corrected chi connectivity index (χ3v) is 6.15. The van der Waals surface area contributed by atoms with Crippen LogP contribution in [-0.4, -0.2) is 43.3 Å². The first-order chi connectivity index (χ1) is 14.8. The molecule has 6 nitrogen and oxygen atoms in total. The number of carbonyl (C=O) groups excluding carboxylic acids is 1. The van der Waals surface area contributed by atoms with Crippen molar-refractivity contribution in [3.63, 3.8) is 0 Å². The molecule has 0 bridgehead atoms. The fraction of sp³-hybridized carbons (Fsp3) is 0.500. The average molecular weight is 493 g/mol. The third kappa shape index (κ3) is 5.39. The van der Waals surface area contributed by atoms with Gasteiger partial charge in [-0.15, -0.1) is 0 Å². The van der Waals surface area contributed by atoms with Gasteiger partial charge in [0.25, 0.3) is 0 Å². The molecule has 0 amide bonds. The summed E-state index contributed by atoms with van der Waals surface area (Å²) in [6.45, 7) is 5.22. The minimum atomic E-state index is -1.19. The molecule has 0 spiro atoms. The number of carboxylic acid groups (broad SMARTS) is 1. The Labute approximate surface area is 191 Å². The topological polar surface area (TPSA) is 82.1 Å². The van der Waals surface area contributed by atoms with Gasteiger partial charge in [0.15, 0.2) is 5.78 Å². The summed E-state index contributed by atoms with van der Waals surface area (Å²) in [5, 5.41) is 9.64. The summed E-state index contributed by atoms with van der Waals surface area (Å²) in [7, 11) is 1.66. The molecule has 0 fully saturated rings. The molecule has 1 unspecified atom stereocenters. The Bertz CT molecular complexity index is 915. The molecule has 1 aliphatic heterocycles. The number of carboxylic acids is 1. The molecule has 3 rings (SSSR count). The predicted molar refractivity (Wildman–Crippen MR) is 121 cm³/mol. The van der Waals surface area contributed by atoms with Crippen LogP contribution in [0.4, 0.5) is 0 Å². The summed E-state index contributed by atoms with van der Waals surface area (Å²) < 4.78 is 18.1. The van der Waals surface area contributed by atoms with Crippen LogP contribution in [0, 0.1) is 5.92 Å². The zero-order valence-electron chi connectivity index (χ0n) is 18.2. The van der Waals surface area contributed by atoms with Crippen molar-refractivity contribution in [3.05, 3.63) is 39.4 Å². The van der Waals surface area contributed by atoms with Gasteiger partial charge in [0.2, 0.25) is 0 Å². The molecule has 1 atom stereocenters. The standard InChI is InChI=1S/C24H29BrO6/c1-14(2)23-17-11-18(24(27)28)20(26)8-5-4-7-15(17)16-12-19(25)22(13-21(16)31-23)30-10-6-9-29-3/h11-14,23H,4-10H2,1-3H3,(H,27,28)/b18-11+. The van der Waals surface area contributed by atoms with E-state index >= 15 is 0 Å². The van der Waals surface area contributed by atoms with Gasteiger partial charge in [-0.25, -0.2) is 4.79 Å². The SMILES string of the molecule is COCCCOc1cc2c(cc1Br)C1=C(/C=C(/C(=O)O)C(=O)CCCC1)C(C(C)C)O2. The van der Waals surface area contributed by atoms with Crippen molar-refractivity contribution in [3.8, 4) is 11.5 Å². The number of rotatable bonds is 7. The van der Waals surface area contributed by atoms with E-state index in [1.54, 1.807) is 13.2 Å². The summed E-state index contributed by atoms with van der Waals surface area (Å²) in [6.07, 6.45) is 4.45. The normalized spacial score (nSPS) is 20.6. The van der Waals surface area contributed by atoms with Crippen LogP contribution in [0.25, 0.3) is 5.57 Å². The van der Waals surface area contributed by atoms with E-state index in [2.05, 4.69) is 15.9 Å². The van der Waals surface area contributed by atoms with E-state index in [1.807, 2.05) is 26.0 Å². The predicted octanol–water partition coefficient (Wildman–Crippen LogP) is 5.19. The van der Waals surface area contributed by atoms with E-state index in [4.69, 9.17) is 14.2 Å². The molecule has 0 saturated heterocycles. The maximum absolute atomic E-state index is 12.5. The van der Waals surface area contributed by atoms with E-state index in [9.17, 15) is 14.7 Å². The lowest BCUT2D eigenvalue weighted by atomic mass is 9.85. The summed E-state index contributed by atoms with van der Waals surface area (Å²) in [5.74, 6) is -0.00161. The first-order valence-electron chi connectivity index (χ1n) is 10.7. The van der Waals surface area contributed by atoms with Gasteiger partial charge in [-0.2, -0.15) is 0 Å². The van der Waals surface area contributed by atoms with Gasteiger partial charge in [-0.05, 0) is 64.4 Å². The number of benzene rings is 1. The smallest absolute Gasteiger partial charge is 0.339 e. The van der Waals surface area contributed by atoms with E-state index in [0.29, 0.717) is 25.4 Å². The molecule has 1 aromatic rings. The average Bonchev–Trinajstić information content (AvgIpc) is 2.80. The minimum Gasteiger partial charge on any atom is -0.492 e. The van der Waals surface area contributed by atoms with Gasteiger partial charge in [-0.1, -0.05) is 13.8 Å². The lowest BCUT2D eigenvalue weighted by molar-refractivity contribution is -0.134. The molecular weight excluding hydrogens is 464 g/mol. The number of methoxy groups -OCH3 is 1. The number of ketones is 1. The molecule has 31 heavy (non-hydrogen) atoms. The van der Waals surface area contributed by atoms with E-state index < -0.39 is 5.97 Å². The van der Waals surface area contributed by atoms with Crippen LogP contribution in [0.15, 0.2) is 33.8 Å². The molecule has 1 N–H and O–H groups in total. The number of halogens is 1. The largest absolute Gasteiger partial charge is 0.492 e. The second-order valence-electron chi connectivity index (χ2n) is 8.18. The first kappa shape index (κ1) is 23.5. The van der Waals surface area contributed by atoms with E-state index in [1.165, 1.54) is 0 Å². The molecule has 2 aliphatic rings. The second-order valence-corrected chi connectivity index (χ2v) is 9.04. The van der Waals surface area contributed by atoms with Crippen molar-refractivity contribution in [2.24, 2.45) is 5.92 Å². The molecule has 7 heteroatoms. The molecule has 168 valence electrons. The summed E-state index contributed by atoms with van der Waals surface area (Å²) in [5.41, 5.74) is 2.58. The van der Waals surface area contributed by atoms with Crippen molar-refractivity contribution in [1.29, 1.82) is 0 Å². The lowest BCUT2D eigenvalue weighted by Gasteiger charge is -2.33. The number of ether oxygens (including phenoxy) is 3. The van der Waals surface area contributed by atoms with E-state index in [0.717, 1.165) is 46.2 Å². The summed E-state index contributed by atoms with van der Waals surface area (Å²) >= 11 is 3.60. The maximum Gasteiger partial charge on any atom is 0.339 e. The van der Waals surface area contributed by atoms with Crippen LogP contribution in [0.1, 0.15) is 51.5 Å². The zero-order chi connectivity index (χ0) is 22.5. The maximum atomic E-state index is 12.5. The zero-order valence-corrected chi connectivity index (χ0v) is 19.8. The Morgan fingerprint density at radius 1 is 1.26 bits per heavy atom. The van der Waals surface area contributed by atoms with Crippen molar-refractivity contribution < 1.29 is 28.9 Å². The molecule has 0 radical (unpaired) electrons. The summed E-state index contributed by atoms with van der Waals surface area (Å²) in [4.78, 5) is 24.3. The van der Waals surface area contributed by atoms with Gasteiger partial charge in [-0.3, -0.25) is 4.79 Å². The number of carbonyl (C=O) groups is 2. The Kier molecular flexibility index (Phi) is 7.94. The first-order valence-corrected chi connectivity index (χ1v) is 11.5. The molecule has 1 heterocycles. The molecule has 0 saturated carbocycles. The van der Waals surface area contributed by atoms with Gasteiger partial charge >= 0.3 is 5.97 Å². The van der Waals surface area contributed by atoms with Crippen LogP contribution in [-0.2, 0) is 14.3 Å². The molecule has 1 aliphatic carbocycles. The number of fused-ring (bicyclic) bond motifs is 2. The molecular formula is C24H29BrO6. The van der Waals surface area contributed by atoms with Crippen molar-refractivity contribution in [2.75, 3.05) is 20.3 Å². The highest BCUT2D eigenvalue weighted by Crippen LogP contribution is 2.45. The minimum absolute atomic E-state index is 0.0926. The van der Waals surface area contributed by atoms with Crippen LogP contribution in [0.5, 0.6) is 11.5 Å². The third-order valence-electron chi connectivity index (χ3n) is 5.54. The number of hydrogen-bond acceptors (Lipinski definition) is 5. The van der Waals surface area contributed by atoms with Gasteiger partial charge < -0.3 is 19.3 Å². The fourth-order valence-electron chi connectivity index (χ4n) is 3.97. The Balaban J connectivity index is 2.09. The lowest BCUT2D eigenvalue weighted by Crippen LogP contribution is -2.30. The Morgan fingerprint density at radius 3 is 2.68 bits per heavy atom. The van der Waals surface area contributed by atoms with Crippen LogP contribution in [0.3, 0.4) is 0 Å². The number of allylic oxidation sites excluding steroid dienone is 1. The van der Waals surface area contributed by atoms with Gasteiger partial charge in [0, 0.05) is 38.2 Å². The van der Waals surface area contributed by atoms with Crippen molar-refractivity contribution >= 4 is 33.3 Å². The highest BCUT2D eigenvalue weighted by atomic mass is 79.9. The summed E-state index contributed by atoms with van der Waals surface area (Å²) in [6, 6.07) is 3.87. The Hall–Kier alpha value is -2.12. The monoisotopic (exact) mass is 492 g/mol. The highest BCUT2D eigenvalue weighted by molar-refractivity contribution is 9.10. The number of hydrogen-bond donors (Lipinski definition) is 1. The number of Topliss-reactive ketones (excluding diaryl/α,β-unsaturated/α-hetero) is 1. The van der Waals surface area contributed by atoms with Crippen LogP contribution >= 0.6 is 15.9 Å². The van der Waals surface area contributed by atoms with Gasteiger partial charge in [0.1, 0.15) is 23.2 Å². The molecule has 0 aromatic heterocycles. The van der Waals surface area contributed by atoms with Crippen LogP contribution in [0.2, 0.25) is 0 Å².